The van der Waals surface area contributed by atoms with Crippen LogP contribution in [0.5, 0.6) is 0 Å². The number of rotatable bonds is 2. The molecule has 1 aromatic heterocycles. The maximum Gasteiger partial charge on any atom is 0.135 e. The van der Waals surface area contributed by atoms with Gasteiger partial charge in [0.15, 0.2) is 0 Å². The summed E-state index contributed by atoms with van der Waals surface area (Å²) in [6.45, 7) is 2.00. The van der Waals surface area contributed by atoms with Gasteiger partial charge in [-0.05, 0) is 12.5 Å². The van der Waals surface area contributed by atoms with Gasteiger partial charge in [-0.2, -0.15) is 0 Å². The third-order valence-corrected chi connectivity index (χ3v) is 2.20. The summed E-state index contributed by atoms with van der Waals surface area (Å²) in [5.41, 5.74) is 6.63. The SMILES string of the molecule is CC[C@@H](N)c1ccc(Cl)nc1Cl.Cl. The largest absolute Gasteiger partial charge is 0.324 e. The summed E-state index contributed by atoms with van der Waals surface area (Å²) in [6, 6.07) is 3.45. The maximum atomic E-state index is 5.83. The van der Waals surface area contributed by atoms with Gasteiger partial charge in [-0.3, -0.25) is 0 Å². The van der Waals surface area contributed by atoms with Crippen LogP contribution < -0.4 is 5.73 Å². The second kappa shape index (κ2) is 5.66. The molecule has 0 aliphatic carbocycles. The zero-order chi connectivity index (χ0) is 9.14. The van der Waals surface area contributed by atoms with Gasteiger partial charge in [0.1, 0.15) is 10.3 Å². The molecule has 0 radical (unpaired) electrons. The van der Waals surface area contributed by atoms with Gasteiger partial charge in [-0.1, -0.05) is 36.2 Å². The molecule has 1 rings (SSSR count). The summed E-state index contributed by atoms with van der Waals surface area (Å²) in [6.07, 6.45) is 0.836. The Labute approximate surface area is 93.8 Å². The molecule has 0 saturated heterocycles. The first-order valence-electron chi connectivity index (χ1n) is 3.72. The molecule has 0 aliphatic heterocycles. The molecule has 0 amide bonds. The monoisotopic (exact) mass is 240 g/mol. The third kappa shape index (κ3) is 3.31. The highest BCUT2D eigenvalue weighted by atomic mass is 35.5. The summed E-state index contributed by atoms with van der Waals surface area (Å²) in [5.74, 6) is 0. The van der Waals surface area contributed by atoms with E-state index in [1.54, 1.807) is 6.07 Å². The van der Waals surface area contributed by atoms with Gasteiger partial charge in [0.25, 0.3) is 0 Å². The fraction of sp³-hybridized carbons (Fsp3) is 0.375. The van der Waals surface area contributed by atoms with E-state index in [1.165, 1.54) is 0 Å². The molecule has 0 spiro atoms. The average molecular weight is 242 g/mol. The van der Waals surface area contributed by atoms with Crippen molar-refractivity contribution in [2.75, 3.05) is 0 Å². The molecular weight excluding hydrogens is 230 g/mol. The number of hydrogen-bond donors (Lipinski definition) is 1. The smallest absolute Gasteiger partial charge is 0.135 e. The molecule has 74 valence electrons. The Kier molecular flexibility index (Phi) is 5.65. The minimum atomic E-state index is -0.0535. The highest BCUT2D eigenvalue weighted by Gasteiger charge is 2.08. The van der Waals surface area contributed by atoms with Crippen molar-refractivity contribution >= 4 is 35.6 Å². The summed E-state index contributed by atoms with van der Waals surface area (Å²) in [7, 11) is 0. The number of hydrogen-bond acceptors (Lipinski definition) is 2. The molecule has 0 fully saturated rings. The van der Waals surface area contributed by atoms with Crippen LogP contribution in [0.2, 0.25) is 10.3 Å². The molecule has 2 nitrogen and oxygen atoms in total. The van der Waals surface area contributed by atoms with Crippen molar-refractivity contribution in [2.45, 2.75) is 19.4 Å². The van der Waals surface area contributed by atoms with Crippen LogP contribution in [0.3, 0.4) is 0 Å². The molecule has 1 atom stereocenters. The van der Waals surface area contributed by atoms with Crippen LogP contribution in [0.15, 0.2) is 12.1 Å². The predicted molar refractivity (Wildman–Crippen MR) is 58.7 cm³/mol. The quantitative estimate of drug-likeness (QED) is 0.808. The molecule has 0 aliphatic rings. The van der Waals surface area contributed by atoms with Crippen LogP contribution in [0.25, 0.3) is 0 Å². The number of halogens is 3. The molecule has 5 heteroatoms. The van der Waals surface area contributed by atoms with Crippen molar-refractivity contribution < 1.29 is 0 Å². The van der Waals surface area contributed by atoms with Crippen molar-refractivity contribution in [1.82, 2.24) is 4.98 Å². The van der Waals surface area contributed by atoms with E-state index >= 15 is 0 Å². The molecule has 0 unspecified atom stereocenters. The van der Waals surface area contributed by atoms with E-state index in [2.05, 4.69) is 4.98 Å². The summed E-state index contributed by atoms with van der Waals surface area (Å²) < 4.78 is 0. The predicted octanol–water partition coefficient (Wildman–Crippen LogP) is 3.22. The maximum absolute atomic E-state index is 5.83. The van der Waals surface area contributed by atoms with Crippen LogP contribution in [0.1, 0.15) is 24.9 Å². The summed E-state index contributed by atoms with van der Waals surface area (Å²) >= 11 is 11.5. The number of nitrogens with zero attached hydrogens (tertiary/aromatic N) is 1. The first-order chi connectivity index (χ1) is 5.65. The average Bonchev–Trinajstić information content (AvgIpc) is 2.03. The van der Waals surface area contributed by atoms with E-state index in [4.69, 9.17) is 28.9 Å². The van der Waals surface area contributed by atoms with Crippen LogP contribution in [0.4, 0.5) is 0 Å². The minimum Gasteiger partial charge on any atom is -0.324 e. The van der Waals surface area contributed by atoms with Gasteiger partial charge >= 0.3 is 0 Å². The van der Waals surface area contributed by atoms with Gasteiger partial charge in [-0.25, -0.2) is 4.98 Å². The van der Waals surface area contributed by atoms with Gasteiger partial charge in [0.05, 0.1) is 0 Å². The minimum absolute atomic E-state index is 0. The van der Waals surface area contributed by atoms with Gasteiger partial charge in [0, 0.05) is 11.6 Å². The molecule has 0 aromatic carbocycles. The van der Waals surface area contributed by atoms with Crippen LogP contribution in [-0.2, 0) is 0 Å². The van der Waals surface area contributed by atoms with Crippen LogP contribution in [0, 0.1) is 0 Å². The van der Waals surface area contributed by atoms with E-state index in [0.717, 1.165) is 12.0 Å². The first-order valence-corrected chi connectivity index (χ1v) is 4.48. The van der Waals surface area contributed by atoms with Crippen molar-refractivity contribution in [3.8, 4) is 0 Å². The van der Waals surface area contributed by atoms with E-state index < -0.39 is 0 Å². The Bertz CT molecular complexity index is 278. The van der Waals surface area contributed by atoms with Crippen LogP contribution in [-0.4, -0.2) is 4.98 Å². The van der Waals surface area contributed by atoms with Crippen molar-refractivity contribution in [1.29, 1.82) is 0 Å². The lowest BCUT2D eigenvalue weighted by Gasteiger charge is -2.09. The Morgan fingerprint density at radius 2 is 2.08 bits per heavy atom. The van der Waals surface area contributed by atoms with Crippen molar-refractivity contribution in [3.05, 3.63) is 28.0 Å². The topological polar surface area (TPSA) is 38.9 Å². The molecular formula is C8H11Cl3N2. The number of nitrogens with two attached hydrogens (primary N) is 1. The van der Waals surface area contributed by atoms with Crippen LogP contribution >= 0.6 is 35.6 Å². The Morgan fingerprint density at radius 3 is 2.54 bits per heavy atom. The number of pyridine rings is 1. The first kappa shape index (κ1) is 13.0. The fourth-order valence-corrected chi connectivity index (χ4v) is 1.40. The Hall–Kier alpha value is -0.0200. The fourth-order valence-electron chi connectivity index (χ4n) is 0.919. The molecule has 1 aromatic rings. The second-order valence-electron chi connectivity index (χ2n) is 2.53. The lowest BCUT2D eigenvalue weighted by molar-refractivity contribution is 0.695. The Balaban J connectivity index is 0.00000144. The zero-order valence-electron chi connectivity index (χ0n) is 7.13. The number of aromatic nitrogens is 1. The van der Waals surface area contributed by atoms with Crippen molar-refractivity contribution in [2.24, 2.45) is 5.73 Å². The van der Waals surface area contributed by atoms with E-state index in [-0.39, 0.29) is 18.4 Å². The molecule has 0 saturated carbocycles. The molecule has 1 heterocycles. The van der Waals surface area contributed by atoms with Gasteiger partial charge in [0.2, 0.25) is 0 Å². The lowest BCUT2D eigenvalue weighted by Crippen LogP contribution is -2.09. The van der Waals surface area contributed by atoms with Crippen molar-refractivity contribution in [3.63, 3.8) is 0 Å². The highest BCUT2D eigenvalue weighted by molar-refractivity contribution is 6.32. The third-order valence-electron chi connectivity index (χ3n) is 1.68. The standard InChI is InChI=1S/C8H10Cl2N2.ClH/c1-2-6(11)5-3-4-7(9)12-8(5)10;/h3-4,6H,2,11H2,1H3;1H/t6-;/m1./s1. The summed E-state index contributed by atoms with van der Waals surface area (Å²) in [4.78, 5) is 3.89. The molecule has 0 bridgehead atoms. The normalized spacial score (nSPS) is 12.0. The Morgan fingerprint density at radius 1 is 1.46 bits per heavy atom. The van der Waals surface area contributed by atoms with E-state index in [9.17, 15) is 0 Å². The second-order valence-corrected chi connectivity index (χ2v) is 3.27. The highest BCUT2D eigenvalue weighted by Crippen LogP contribution is 2.23. The lowest BCUT2D eigenvalue weighted by atomic mass is 10.1. The van der Waals surface area contributed by atoms with Gasteiger partial charge < -0.3 is 5.73 Å². The zero-order valence-corrected chi connectivity index (χ0v) is 9.46. The van der Waals surface area contributed by atoms with E-state index in [1.807, 2.05) is 13.0 Å². The van der Waals surface area contributed by atoms with Gasteiger partial charge in [-0.15, -0.1) is 12.4 Å². The molecule has 13 heavy (non-hydrogen) atoms. The van der Waals surface area contributed by atoms with E-state index in [0.29, 0.717) is 10.3 Å². The molecule has 2 N–H and O–H groups in total. The summed E-state index contributed by atoms with van der Waals surface area (Å²) in [5, 5.41) is 0.795.